The monoisotopic (exact) mass is 337 g/mol. The third kappa shape index (κ3) is 1.99. The zero-order valence-corrected chi connectivity index (χ0v) is 14.2. The van der Waals surface area contributed by atoms with Gasteiger partial charge in [0.25, 0.3) is 0 Å². The third-order valence-corrected chi connectivity index (χ3v) is 5.96. The van der Waals surface area contributed by atoms with E-state index in [4.69, 9.17) is 4.74 Å². The summed E-state index contributed by atoms with van der Waals surface area (Å²) < 4.78 is 6.64. The van der Waals surface area contributed by atoms with E-state index in [1.165, 1.54) is 0 Å². The minimum absolute atomic E-state index is 0.327. The third-order valence-electron chi connectivity index (χ3n) is 4.65. The van der Waals surface area contributed by atoms with Gasteiger partial charge in [0.1, 0.15) is 5.52 Å². The first-order valence-corrected chi connectivity index (χ1v) is 8.51. The number of rotatable bonds is 1. The maximum absolute atomic E-state index is 9.80. The van der Waals surface area contributed by atoms with Crippen molar-refractivity contribution < 1.29 is 4.74 Å². The number of hydrogen-bond donors (Lipinski definition) is 1. The Morgan fingerprint density at radius 1 is 1.33 bits per heavy atom. The van der Waals surface area contributed by atoms with E-state index in [2.05, 4.69) is 27.2 Å². The second-order valence-electron chi connectivity index (χ2n) is 5.93. The van der Waals surface area contributed by atoms with Gasteiger partial charge in [0.15, 0.2) is 0 Å². The molecule has 24 heavy (non-hydrogen) atoms. The number of allylic oxidation sites excluding steroid dienone is 3. The number of nitrogens with one attached hydrogen (secondary N) is 1. The predicted octanol–water partition coefficient (Wildman–Crippen LogP) is 2.94. The van der Waals surface area contributed by atoms with Gasteiger partial charge in [-0.2, -0.15) is 15.6 Å². The van der Waals surface area contributed by atoms with E-state index in [1.807, 2.05) is 19.9 Å². The largest absolute Gasteiger partial charge is 0.373 e. The van der Waals surface area contributed by atoms with Crippen molar-refractivity contribution in [1.82, 2.24) is 15.1 Å². The number of ether oxygens (including phenoxy) is 1. The van der Waals surface area contributed by atoms with E-state index < -0.39 is 0 Å². The Morgan fingerprint density at radius 2 is 2.12 bits per heavy atom. The maximum Gasteiger partial charge on any atom is 0.103 e. The SMILES string of the molecule is CC1=C(C#N)C(c2cc3n[nH]c(C)c3s2)C(C#N)=C2COCCN12. The molecule has 0 amide bonds. The number of hydrogen-bond acceptors (Lipinski definition) is 6. The van der Waals surface area contributed by atoms with E-state index in [1.54, 1.807) is 11.3 Å². The van der Waals surface area contributed by atoms with Gasteiger partial charge in [0, 0.05) is 22.8 Å². The summed E-state index contributed by atoms with van der Waals surface area (Å²) in [5.41, 5.74) is 4.95. The average molecular weight is 337 g/mol. The van der Waals surface area contributed by atoms with Crippen molar-refractivity contribution in [2.45, 2.75) is 19.8 Å². The van der Waals surface area contributed by atoms with Gasteiger partial charge in [-0.1, -0.05) is 0 Å². The summed E-state index contributed by atoms with van der Waals surface area (Å²) in [6.45, 7) is 5.63. The van der Waals surface area contributed by atoms with Gasteiger partial charge in [-0.05, 0) is 19.9 Å². The number of fused-ring (bicyclic) bond motifs is 2. The fourth-order valence-corrected chi connectivity index (χ4v) is 4.61. The van der Waals surface area contributed by atoms with Crippen molar-refractivity contribution in [3.8, 4) is 12.1 Å². The van der Waals surface area contributed by atoms with Crippen LogP contribution >= 0.6 is 11.3 Å². The topological polar surface area (TPSA) is 88.7 Å². The lowest BCUT2D eigenvalue weighted by Gasteiger charge is -2.39. The van der Waals surface area contributed by atoms with Crippen molar-refractivity contribution >= 4 is 21.6 Å². The van der Waals surface area contributed by atoms with E-state index in [-0.39, 0.29) is 5.92 Å². The van der Waals surface area contributed by atoms with Crippen molar-refractivity contribution in [3.63, 3.8) is 0 Å². The molecule has 1 unspecified atom stereocenters. The van der Waals surface area contributed by atoms with Crippen molar-refractivity contribution in [2.75, 3.05) is 19.8 Å². The first-order chi connectivity index (χ1) is 11.7. The molecule has 0 aliphatic carbocycles. The molecule has 2 aliphatic rings. The minimum atomic E-state index is -0.327. The van der Waals surface area contributed by atoms with Crippen LogP contribution in [0.4, 0.5) is 0 Å². The second kappa shape index (κ2) is 5.48. The first kappa shape index (κ1) is 14.9. The molecular weight excluding hydrogens is 322 g/mol. The standard InChI is InChI=1S/C17H15N5OS/c1-9-17-13(21-20-9)5-15(24-17)16-11(6-18)10(2)22-3-4-23-8-14(22)12(16)7-19/h5,16H,3-4,8H2,1-2H3,(H,20,21). The molecule has 2 aromatic rings. The summed E-state index contributed by atoms with van der Waals surface area (Å²) in [7, 11) is 0. The molecule has 1 saturated heterocycles. The van der Waals surface area contributed by atoms with Crippen LogP contribution in [-0.4, -0.2) is 34.9 Å². The number of aryl methyl sites for hydroxylation is 1. The van der Waals surface area contributed by atoms with Gasteiger partial charge in [-0.25, -0.2) is 0 Å². The Kier molecular flexibility index (Phi) is 3.42. The van der Waals surface area contributed by atoms with Gasteiger partial charge in [0.05, 0.1) is 52.8 Å². The molecule has 1 fully saturated rings. The second-order valence-corrected chi connectivity index (χ2v) is 7.02. The van der Waals surface area contributed by atoms with Crippen LogP contribution in [0, 0.1) is 29.6 Å². The summed E-state index contributed by atoms with van der Waals surface area (Å²) in [4.78, 5) is 3.04. The van der Waals surface area contributed by atoms with Gasteiger partial charge >= 0.3 is 0 Å². The van der Waals surface area contributed by atoms with Gasteiger partial charge in [-0.3, -0.25) is 5.10 Å². The highest BCUT2D eigenvalue weighted by Crippen LogP contribution is 2.45. The van der Waals surface area contributed by atoms with Crippen LogP contribution in [-0.2, 0) is 4.74 Å². The highest BCUT2D eigenvalue weighted by Gasteiger charge is 2.37. The zero-order chi connectivity index (χ0) is 16.8. The molecule has 7 heteroatoms. The van der Waals surface area contributed by atoms with E-state index in [0.717, 1.165) is 32.2 Å². The average Bonchev–Trinajstić information content (AvgIpc) is 3.17. The molecule has 0 bridgehead atoms. The van der Waals surface area contributed by atoms with Crippen LogP contribution < -0.4 is 0 Å². The van der Waals surface area contributed by atoms with Crippen LogP contribution in [0.2, 0.25) is 0 Å². The summed E-state index contributed by atoms with van der Waals surface area (Å²) in [5, 5.41) is 26.8. The molecule has 0 radical (unpaired) electrons. The Bertz CT molecular complexity index is 981. The number of nitrogens with zero attached hydrogens (tertiary/aromatic N) is 4. The fraction of sp³-hybridized carbons (Fsp3) is 0.353. The summed E-state index contributed by atoms with van der Waals surface area (Å²) in [6.07, 6.45) is 0. The Balaban J connectivity index is 1.93. The molecule has 0 aromatic carbocycles. The lowest BCUT2D eigenvalue weighted by molar-refractivity contribution is 0.0836. The van der Waals surface area contributed by atoms with E-state index >= 15 is 0 Å². The van der Waals surface area contributed by atoms with Crippen LogP contribution in [0.3, 0.4) is 0 Å². The van der Waals surface area contributed by atoms with Crippen molar-refractivity contribution in [2.24, 2.45) is 0 Å². The summed E-state index contributed by atoms with van der Waals surface area (Å²) >= 11 is 1.59. The molecule has 1 N–H and O–H groups in total. The quantitative estimate of drug-likeness (QED) is 0.864. The number of aromatic amines is 1. The number of aromatic nitrogens is 2. The fourth-order valence-electron chi connectivity index (χ4n) is 3.44. The lowest BCUT2D eigenvalue weighted by Crippen LogP contribution is -2.38. The van der Waals surface area contributed by atoms with Gasteiger partial charge < -0.3 is 9.64 Å². The van der Waals surface area contributed by atoms with Crippen LogP contribution in [0.1, 0.15) is 23.4 Å². The Morgan fingerprint density at radius 3 is 2.83 bits per heavy atom. The van der Waals surface area contributed by atoms with Crippen LogP contribution in [0.25, 0.3) is 10.2 Å². The molecule has 6 nitrogen and oxygen atoms in total. The summed E-state index contributed by atoms with van der Waals surface area (Å²) in [5.74, 6) is -0.327. The highest BCUT2D eigenvalue weighted by molar-refractivity contribution is 7.19. The number of nitriles is 2. The molecule has 2 aliphatic heterocycles. The van der Waals surface area contributed by atoms with Gasteiger partial charge in [0.2, 0.25) is 0 Å². The normalized spacial score (nSPS) is 21.0. The number of morpholine rings is 1. The van der Waals surface area contributed by atoms with E-state index in [0.29, 0.717) is 30.9 Å². The molecular formula is C17H15N5OS. The number of H-pyrrole nitrogens is 1. The lowest BCUT2D eigenvalue weighted by atomic mass is 9.84. The van der Waals surface area contributed by atoms with Crippen LogP contribution in [0.5, 0.6) is 0 Å². The Hall–Kier alpha value is -2.61. The van der Waals surface area contributed by atoms with E-state index in [9.17, 15) is 10.5 Å². The molecule has 2 aromatic heterocycles. The maximum atomic E-state index is 9.80. The molecule has 120 valence electrons. The molecule has 4 rings (SSSR count). The minimum Gasteiger partial charge on any atom is -0.373 e. The van der Waals surface area contributed by atoms with Crippen molar-refractivity contribution in [3.05, 3.63) is 39.2 Å². The molecule has 0 spiro atoms. The molecule has 0 saturated carbocycles. The smallest absolute Gasteiger partial charge is 0.103 e. The predicted molar refractivity (Wildman–Crippen MR) is 89.9 cm³/mol. The Labute approximate surface area is 143 Å². The zero-order valence-electron chi connectivity index (χ0n) is 13.4. The molecule has 1 atom stereocenters. The van der Waals surface area contributed by atoms with Crippen molar-refractivity contribution in [1.29, 1.82) is 10.5 Å². The first-order valence-electron chi connectivity index (χ1n) is 7.69. The highest BCUT2D eigenvalue weighted by atomic mass is 32.1. The van der Waals surface area contributed by atoms with Gasteiger partial charge in [-0.15, -0.1) is 11.3 Å². The number of thiophene rings is 1. The summed E-state index contributed by atoms with van der Waals surface area (Å²) in [6, 6.07) is 6.66. The van der Waals surface area contributed by atoms with Crippen LogP contribution in [0.15, 0.2) is 28.6 Å². The molecule has 4 heterocycles.